The summed E-state index contributed by atoms with van der Waals surface area (Å²) in [6.07, 6.45) is 4.53. The number of amides is 1. The zero-order valence-electron chi connectivity index (χ0n) is 13.2. The zero-order valence-corrected chi connectivity index (χ0v) is 14.0. The lowest BCUT2D eigenvalue weighted by molar-refractivity contribution is -0.114. The highest BCUT2D eigenvalue weighted by molar-refractivity contribution is 7.15. The first kappa shape index (κ1) is 15.6. The minimum absolute atomic E-state index is 0.250. The van der Waals surface area contributed by atoms with Crippen LogP contribution in [0.1, 0.15) is 29.3 Å². The summed E-state index contributed by atoms with van der Waals surface area (Å²) in [5.74, 6) is -0.762. The maximum absolute atomic E-state index is 14.0. The summed E-state index contributed by atoms with van der Waals surface area (Å²) in [6, 6.07) is 2.02. The van der Waals surface area contributed by atoms with Gasteiger partial charge in [0.2, 0.25) is 11.9 Å². The van der Waals surface area contributed by atoms with E-state index in [4.69, 9.17) is 4.74 Å². The van der Waals surface area contributed by atoms with Crippen LogP contribution in [0.4, 0.5) is 9.52 Å². The second kappa shape index (κ2) is 5.87. The first-order valence-electron chi connectivity index (χ1n) is 7.78. The maximum atomic E-state index is 14.0. The molecule has 0 saturated carbocycles. The fraction of sp³-hybridized carbons (Fsp3) is 0.438. The lowest BCUT2D eigenvalue weighted by atomic mass is 9.93. The van der Waals surface area contributed by atoms with E-state index in [0.717, 1.165) is 25.1 Å². The normalized spacial score (nSPS) is 22.9. The minimum atomic E-state index is -0.512. The van der Waals surface area contributed by atoms with Gasteiger partial charge in [0.1, 0.15) is 5.60 Å². The van der Waals surface area contributed by atoms with E-state index >= 15 is 0 Å². The van der Waals surface area contributed by atoms with Gasteiger partial charge in [-0.3, -0.25) is 14.7 Å². The molecule has 2 aliphatic rings. The van der Waals surface area contributed by atoms with E-state index in [1.807, 2.05) is 12.3 Å². The zero-order chi connectivity index (χ0) is 16.7. The van der Waals surface area contributed by atoms with E-state index in [1.54, 1.807) is 6.20 Å². The molecule has 1 fully saturated rings. The van der Waals surface area contributed by atoms with Crippen LogP contribution in [0, 0.1) is 5.95 Å². The van der Waals surface area contributed by atoms with Crippen LogP contribution >= 0.6 is 11.3 Å². The van der Waals surface area contributed by atoms with Crippen LogP contribution in [0.2, 0.25) is 0 Å². The van der Waals surface area contributed by atoms with Crippen molar-refractivity contribution in [1.29, 1.82) is 0 Å². The van der Waals surface area contributed by atoms with Gasteiger partial charge in [-0.1, -0.05) is 11.3 Å². The summed E-state index contributed by atoms with van der Waals surface area (Å²) in [6.45, 7) is 3.98. The van der Waals surface area contributed by atoms with Gasteiger partial charge in [0.05, 0.1) is 11.5 Å². The van der Waals surface area contributed by atoms with Crippen molar-refractivity contribution >= 4 is 22.4 Å². The van der Waals surface area contributed by atoms with Crippen molar-refractivity contribution in [3.05, 3.63) is 40.4 Å². The summed E-state index contributed by atoms with van der Waals surface area (Å²) < 4.78 is 20.1. The molecule has 6 nitrogen and oxygen atoms in total. The average molecular weight is 348 g/mol. The van der Waals surface area contributed by atoms with Gasteiger partial charge in [-0.15, -0.1) is 0 Å². The third-order valence-electron chi connectivity index (χ3n) is 4.51. The quantitative estimate of drug-likeness (QED) is 0.922. The van der Waals surface area contributed by atoms with Gasteiger partial charge < -0.3 is 10.1 Å². The number of pyridine rings is 1. The Morgan fingerprint density at radius 3 is 3.29 bits per heavy atom. The van der Waals surface area contributed by atoms with E-state index in [-0.39, 0.29) is 11.5 Å². The smallest absolute Gasteiger partial charge is 0.230 e. The second-order valence-corrected chi connectivity index (χ2v) is 7.27. The standard InChI is InChI=1S/C16H17FN4O2S/c1-10(22)19-15-20-14(17)13(24-15)7-21-5-3-16(9-21)12-2-4-18-6-11(12)8-23-16/h2,4,6H,3,5,7-9H2,1H3,(H,19,20,22). The number of hydrogen-bond acceptors (Lipinski definition) is 6. The molecule has 126 valence electrons. The number of aromatic nitrogens is 2. The van der Waals surface area contributed by atoms with Gasteiger partial charge in [0, 0.05) is 44.5 Å². The summed E-state index contributed by atoms with van der Waals surface area (Å²) in [5.41, 5.74) is 2.03. The van der Waals surface area contributed by atoms with Gasteiger partial charge in [0.25, 0.3) is 0 Å². The Kier molecular flexibility index (Phi) is 3.82. The van der Waals surface area contributed by atoms with Crippen molar-refractivity contribution in [3.8, 4) is 0 Å². The minimum Gasteiger partial charge on any atom is -0.364 e. The predicted molar refractivity (Wildman–Crippen MR) is 87.0 cm³/mol. The summed E-state index contributed by atoms with van der Waals surface area (Å²) in [7, 11) is 0. The number of rotatable bonds is 3. The number of halogens is 1. The molecule has 1 saturated heterocycles. The number of anilines is 1. The SMILES string of the molecule is CC(=O)Nc1nc(F)c(CN2CCC3(C2)OCc2cnccc23)s1. The summed E-state index contributed by atoms with van der Waals surface area (Å²) >= 11 is 1.18. The molecule has 4 rings (SSSR count). The Morgan fingerprint density at radius 1 is 1.58 bits per heavy atom. The molecule has 0 aliphatic carbocycles. The fourth-order valence-electron chi connectivity index (χ4n) is 3.45. The molecule has 1 unspecified atom stereocenters. The Labute approximate surface area is 142 Å². The van der Waals surface area contributed by atoms with Gasteiger partial charge in [-0.25, -0.2) is 0 Å². The predicted octanol–water partition coefficient (Wildman–Crippen LogP) is 2.27. The molecule has 1 amide bonds. The lowest BCUT2D eigenvalue weighted by Gasteiger charge is -2.24. The van der Waals surface area contributed by atoms with E-state index in [0.29, 0.717) is 23.2 Å². The van der Waals surface area contributed by atoms with Crippen LogP contribution in [0.3, 0.4) is 0 Å². The Morgan fingerprint density at radius 2 is 2.46 bits per heavy atom. The first-order chi connectivity index (χ1) is 11.6. The highest BCUT2D eigenvalue weighted by atomic mass is 32.1. The van der Waals surface area contributed by atoms with Crippen molar-refractivity contribution in [2.45, 2.75) is 32.1 Å². The van der Waals surface area contributed by atoms with Gasteiger partial charge in [0.15, 0.2) is 5.13 Å². The van der Waals surface area contributed by atoms with Crippen LogP contribution in [0.25, 0.3) is 0 Å². The highest BCUT2D eigenvalue weighted by Crippen LogP contribution is 2.43. The van der Waals surface area contributed by atoms with Gasteiger partial charge >= 0.3 is 0 Å². The molecule has 2 aliphatic heterocycles. The maximum Gasteiger partial charge on any atom is 0.230 e. The molecule has 0 aromatic carbocycles. The number of nitrogens with zero attached hydrogens (tertiary/aromatic N) is 3. The number of ether oxygens (including phenoxy) is 1. The van der Waals surface area contributed by atoms with E-state index in [9.17, 15) is 9.18 Å². The molecule has 0 radical (unpaired) electrons. The van der Waals surface area contributed by atoms with E-state index < -0.39 is 5.95 Å². The monoisotopic (exact) mass is 348 g/mol. The molecular formula is C16H17FN4O2S. The average Bonchev–Trinajstić information content (AvgIpc) is 3.21. The molecule has 24 heavy (non-hydrogen) atoms. The Hall–Kier alpha value is -1.90. The van der Waals surface area contributed by atoms with E-state index in [2.05, 4.69) is 20.2 Å². The number of hydrogen-bond donors (Lipinski definition) is 1. The molecule has 2 aromatic rings. The van der Waals surface area contributed by atoms with Crippen molar-refractivity contribution in [3.63, 3.8) is 0 Å². The fourth-order valence-corrected chi connectivity index (χ4v) is 4.38. The van der Waals surface area contributed by atoms with Crippen LogP contribution in [-0.4, -0.2) is 33.9 Å². The number of carbonyl (C=O) groups excluding carboxylic acids is 1. The third kappa shape index (κ3) is 2.70. The molecule has 0 bridgehead atoms. The summed E-state index contributed by atoms with van der Waals surface area (Å²) in [4.78, 5) is 21.7. The largest absolute Gasteiger partial charge is 0.364 e. The number of fused-ring (bicyclic) bond motifs is 2. The number of carbonyl (C=O) groups is 1. The molecule has 8 heteroatoms. The van der Waals surface area contributed by atoms with Crippen LogP contribution in [0.5, 0.6) is 0 Å². The Balaban J connectivity index is 1.49. The Bertz CT molecular complexity index is 796. The number of nitrogens with one attached hydrogen (secondary N) is 1. The van der Waals surface area contributed by atoms with Gasteiger partial charge in [-0.2, -0.15) is 9.37 Å². The third-order valence-corrected chi connectivity index (χ3v) is 5.44. The molecular weight excluding hydrogens is 331 g/mol. The van der Waals surface area contributed by atoms with Crippen molar-refractivity contribution < 1.29 is 13.9 Å². The van der Waals surface area contributed by atoms with Crippen LogP contribution in [-0.2, 0) is 28.3 Å². The highest BCUT2D eigenvalue weighted by Gasteiger charge is 2.45. The second-order valence-electron chi connectivity index (χ2n) is 6.19. The molecule has 1 N–H and O–H groups in total. The lowest BCUT2D eigenvalue weighted by Crippen LogP contribution is -2.30. The molecule has 2 aromatic heterocycles. The van der Waals surface area contributed by atoms with Crippen molar-refractivity contribution in [2.75, 3.05) is 18.4 Å². The van der Waals surface area contributed by atoms with Crippen LogP contribution < -0.4 is 5.32 Å². The summed E-state index contributed by atoms with van der Waals surface area (Å²) in [5, 5.41) is 2.83. The molecule has 4 heterocycles. The van der Waals surface area contributed by atoms with Gasteiger partial charge in [-0.05, 0) is 18.1 Å². The molecule has 1 spiro atoms. The van der Waals surface area contributed by atoms with Crippen molar-refractivity contribution in [2.24, 2.45) is 0 Å². The van der Waals surface area contributed by atoms with E-state index in [1.165, 1.54) is 23.8 Å². The molecule has 1 atom stereocenters. The van der Waals surface area contributed by atoms with Crippen LogP contribution in [0.15, 0.2) is 18.5 Å². The number of likely N-dealkylation sites (tertiary alicyclic amines) is 1. The number of thiazole rings is 1. The van der Waals surface area contributed by atoms with Crippen molar-refractivity contribution in [1.82, 2.24) is 14.9 Å². The topological polar surface area (TPSA) is 67.4 Å². The first-order valence-corrected chi connectivity index (χ1v) is 8.60.